The normalized spacial score (nSPS) is 8.92. The lowest BCUT2D eigenvalue weighted by Gasteiger charge is -2.00. The topological polar surface area (TPSA) is 57.5 Å². The Kier molecular flexibility index (Phi) is 2.02. The van der Waals surface area contributed by atoms with Gasteiger partial charge in [-0.3, -0.25) is 0 Å². The minimum absolute atomic E-state index is 0.176. The summed E-state index contributed by atoms with van der Waals surface area (Å²) in [5.74, 6) is 0.633. The van der Waals surface area contributed by atoms with Crippen LogP contribution in [-0.4, -0.2) is 16.2 Å². The molecule has 0 fully saturated rings. The van der Waals surface area contributed by atoms with Gasteiger partial charge >= 0.3 is 5.97 Å². The molecule has 0 saturated heterocycles. The molecule has 3 heteroatoms. The van der Waals surface area contributed by atoms with Crippen LogP contribution in [0.5, 0.6) is 5.75 Å². The van der Waals surface area contributed by atoms with E-state index in [2.05, 4.69) is 5.92 Å². The maximum atomic E-state index is 10.5. The van der Waals surface area contributed by atoms with E-state index in [1.807, 2.05) is 0 Å². The van der Waals surface area contributed by atoms with Gasteiger partial charge in [-0.25, -0.2) is 4.79 Å². The molecular weight excluding hydrogens is 156 g/mol. The summed E-state index contributed by atoms with van der Waals surface area (Å²) in [7, 11) is 0. The first-order valence-corrected chi connectivity index (χ1v) is 3.18. The quantitative estimate of drug-likeness (QED) is 0.607. The molecule has 0 heterocycles. The zero-order valence-electron chi connectivity index (χ0n) is 6.11. The minimum Gasteiger partial charge on any atom is -0.506 e. The van der Waals surface area contributed by atoms with E-state index in [-0.39, 0.29) is 16.9 Å². The van der Waals surface area contributed by atoms with Gasteiger partial charge in [-0.1, -0.05) is 12.0 Å². The number of rotatable bonds is 1. The molecule has 0 atom stereocenters. The number of aromatic hydroxyl groups is 1. The van der Waals surface area contributed by atoms with Crippen LogP contribution in [0.4, 0.5) is 0 Å². The van der Waals surface area contributed by atoms with Gasteiger partial charge in [0, 0.05) is 0 Å². The SMILES string of the molecule is C#Cc1cccc(C(=O)O)c1O. The zero-order chi connectivity index (χ0) is 9.14. The molecule has 0 bridgehead atoms. The van der Waals surface area contributed by atoms with E-state index >= 15 is 0 Å². The number of benzene rings is 1. The van der Waals surface area contributed by atoms with Gasteiger partial charge in [-0.2, -0.15) is 0 Å². The third-order valence-corrected chi connectivity index (χ3v) is 1.42. The Labute approximate surface area is 69.3 Å². The summed E-state index contributed by atoms with van der Waals surface area (Å²) in [6.07, 6.45) is 5.02. The van der Waals surface area contributed by atoms with Crippen molar-refractivity contribution in [1.29, 1.82) is 0 Å². The van der Waals surface area contributed by atoms with Crippen molar-refractivity contribution >= 4 is 5.97 Å². The predicted octanol–water partition coefficient (Wildman–Crippen LogP) is 1.07. The van der Waals surface area contributed by atoms with Crippen molar-refractivity contribution in [2.45, 2.75) is 0 Å². The van der Waals surface area contributed by atoms with Crippen molar-refractivity contribution < 1.29 is 15.0 Å². The first-order chi connectivity index (χ1) is 5.66. The van der Waals surface area contributed by atoms with Crippen LogP contribution >= 0.6 is 0 Å². The van der Waals surface area contributed by atoms with Crippen LogP contribution in [0.25, 0.3) is 0 Å². The molecular formula is C9H6O3. The van der Waals surface area contributed by atoms with E-state index in [0.717, 1.165) is 0 Å². The van der Waals surface area contributed by atoms with Gasteiger partial charge in [0.1, 0.15) is 11.3 Å². The van der Waals surface area contributed by atoms with Gasteiger partial charge in [0.2, 0.25) is 0 Å². The van der Waals surface area contributed by atoms with Gasteiger partial charge in [0.05, 0.1) is 5.56 Å². The summed E-state index contributed by atoms with van der Waals surface area (Å²) >= 11 is 0. The highest BCUT2D eigenvalue weighted by Crippen LogP contribution is 2.20. The van der Waals surface area contributed by atoms with Crippen molar-refractivity contribution in [2.24, 2.45) is 0 Å². The van der Waals surface area contributed by atoms with E-state index in [1.54, 1.807) is 0 Å². The first kappa shape index (κ1) is 8.15. The molecule has 0 aliphatic heterocycles. The maximum absolute atomic E-state index is 10.5. The predicted molar refractivity (Wildman–Crippen MR) is 43.0 cm³/mol. The molecule has 0 radical (unpaired) electrons. The Morgan fingerprint density at radius 1 is 1.50 bits per heavy atom. The number of para-hydroxylation sites is 1. The van der Waals surface area contributed by atoms with Crippen LogP contribution in [0.15, 0.2) is 18.2 Å². The lowest BCUT2D eigenvalue weighted by Crippen LogP contribution is -1.97. The van der Waals surface area contributed by atoms with Gasteiger partial charge in [-0.15, -0.1) is 6.42 Å². The van der Waals surface area contributed by atoms with Crippen LogP contribution in [-0.2, 0) is 0 Å². The number of aromatic carboxylic acids is 1. The second kappa shape index (κ2) is 2.97. The molecule has 1 aromatic rings. The largest absolute Gasteiger partial charge is 0.506 e. The van der Waals surface area contributed by atoms with E-state index in [9.17, 15) is 9.90 Å². The fraction of sp³-hybridized carbons (Fsp3) is 0. The monoisotopic (exact) mass is 162 g/mol. The van der Waals surface area contributed by atoms with Gasteiger partial charge < -0.3 is 10.2 Å². The Morgan fingerprint density at radius 2 is 2.17 bits per heavy atom. The number of terminal acetylenes is 1. The summed E-state index contributed by atoms with van der Waals surface area (Å²) in [5, 5.41) is 17.8. The Hall–Kier alpha value is -1.95. The van der Waals surface area contributed by atoms with Gasteiger partial charge in [0.15, 0.2) is 0 Å². The van der Waals surface area contributed by atoms with E-state index in [0.29, 0.717) is 0 Å². The van der Waals surface area contributed by atoms with Crippen LogP contribution < -0.4 is 0 Å². The summed E-state index contributed by atoms with van der Waals surface area (Å²) < 4.78 is 0. The van der Waals surface area contributed by atoms with Crippen LogP contribution in [0.1, 0.15) is 15.9 Å². The average molecular weight is 162 g/mol. The number of phenols is 1. The molecule has 0 aliphatic rings. The maximum Gasteiger partial charge on any atom is 0.339 e. The molecule has 12 heavy (non-hydrogen) atoms. The fourth-order valence-corrected chi connectivity index (χ4v) is 0.833. The number of carbonyl (C=O) groups is 1. The van der Waals surface area contributed by atoms with Gasteiger partial charge in [0.25, 0.3) is 0 Å². The zero-order valence-corrected chi connectivity index (χ0v) is 6.11. The van der Waals surface area contributed by atoms with Gasteiger partial charge in [-0.05, 0) is 12.1 Å². The van der Waals surface area contributed by atoms with E-state index in [1.165, 1.54) is 18.2 Å². The molecule has 0 spiro atoms. The van der Waals surface area contributed by atoms with Crippen molar-refractivity contribution in [3.8, 4) is 18.1 Å². The second-order valence-corrected chi connectivity index (χ2v) is 2.15. The Balaban J connectivity index is 3.35. The van der Waals surface area contributed by atoms with E-state index in [4.69, 9.17) is 11.5 Å². The molecule has 0 saturated carbocycles. The Morgan fingerprint density at radius 3 is 2.67 bits per heavy atom. The lowest BCUT2D eigenvalue weighted by molar-refractivity contribution is 0.0693. The smallest absolute Gasteiger partial charge is 0.339 e. The minimum atomic E-state index is -1.19. The number of carboxylic acids is 1. The van der Waals surface area contributed by atoms with Crippen molar-refractivity contribution in [1.82, 2.24) is 0 Å². The van der Waals surface area contributed by atoms with Crippen LogP contribution in [0.3, 0.4) is 0 Å². The number of hydrogen-bond donors (Lipinski definition) is 2. The highest BCUT2D eigenvalue weighted by Gasteiger charge is 2.10. The molecule has 0 aliphatic carbocycles. The summed E-state index contributed by atoms with van der Waals surface area (Å²) in [6.45, 7) is 0. The average Bonchev–Trinajstić information content (AvgIpc) is 2.04. The van der Waals surface area contributed by atoms with Crippen LogP contribution in [0.2, 0.25) is 0 Å². The molecule has 0 unspecified atom stereocenters. The molecule has 1 aromatic carbocycles. The molecule has 60 valence electrons. The highest BCUT2D eigenvalue weighted by atomic mass is 16.4. The standard InChI is InChI=1S/C9H6O3/c1-2-6-4-3-5-7(8(6)10)9(11)12/h1,3-5,10H,(H,11,12). The Bertz CT molecular complexity index is 361. The van der Waals surface area contributed by atoms with Crippen molar-refractivity contribution in [3.63, 3.8) is 0 Å². The third-order valence-electron chi connectivity index (χ3n) is 1.42. The number of hydrogen-bond acceptors (Lipinski definition) is 2. The highest BCUT2D eigenvalue weighted by molar-refractivity contribution is 5.91. The van der Waals surface area contributed by atoms with E-state index < -0.39 is 5.97 Å². The first-order valence-electron chi connectivity index (χ1n) is 3.18. The third kappa shape index (κ3) is 1.23. The molecule has 3 nitrogen and oxygen atoms in total. The van der Waals surface area contributed by atoms with Crippen molar-refractivity contribution in [3.05, 3.63) is 29.3 Å². The van der Waals surface area contributed by atoms with Crippen molar-refractivity contribution in [2.75, 3.05) is 0 Å². The summed E-state index contributed by atoms with van der Waals surface area (Å²) in [4.78, 5) is 10.5. The van der Waals surface area contributed by atoms with Crippen LogP contribution in [0, 0.1) is 12.3 Å². The molecule has 0 aromatic heterocycles. The summed E-state index contributed by atoms with van der Waals surface area (Å²) in [5.41, 5.74) is 0.0142. The second-order valence-electron chi connectivity index (χ2n) is 2.15. The lowest BCUT2D eigenvalue weighted by atomic mass is 10.1. The molecule has 1 rings (SSSR count). The molecule has 2 N–H and O–H groups in total. The fourth-order valence-electron chi connectivity index (χ4n) is 0.833. The number of carboxylic acid groups (broad SMARTS) is 1. The molecule has 0 amide bonds. The summed E-state index contributed by atoms with van der Waals surface area (Å²) in [6, 6.07) is 4.25.